The third-order valence-corrected chi connectivity index (χ3v) is 3.50. The number of aliphatic hydroxyl groups excluding tert-OH is 1. The van der Waals surface area contributed by atoms with E-state index in [1.807, 2.05) is 19.9 Å². The molecule has 0 fully saturated rings. The van der Waals surface area contributed by atoms with Crippen LogP contribution < -0.4 is 5.73 Å². The van der Waals surface area contributed by atoms with Crippen LogP contribution in [0.25, 0.3) is 0 Å². The van der Waals surface area contributed by atoms with Gasteiger partial charge in [-0.1, -0.05) is 6.92 Å². The van der Waals surface area contributed by atoms with Crippen LogP contribution in [0.5, 0.6) is 0 Å². The van der Waals surface area contributed by atoms with Crippen LogP contribution in [0.15, 0.2) is 21.6 Å². The fourth-order valence-electron chi connectivity index (χ4n) is 1.48. The zero-order valence-corrected chi connectivity index (χ0v) is 10.3. The van der Waals surface area contributed by atoms with Crippen molar-refractivity contribution in [2.45, 2.75) is 42.9 Å². The van der Waals surface area contributed by atoms with E-state index < -0.39 is 5.54 Å². The van der Waals surface area contributed by atoms with E-state index in [2.05, 4.69) is 6.92 Å². The van der Waals surface area contributed by atoms with Crippen molar-refractivity contribution in [1.82, 2.24) is 0 Å². The molecule has 3 N–H and O–H groups in total. The fraction of sp³-hybridized carbons (Fsp3) is 0.636. The van der Waals surface area contributed by atoms with Gasteiger partial charge in [0.25, 0.3) is 0 Å². The lowest BCUT2D eigenvalue weighted by Gasteiger charge is -2.25. The summed E-state index contributed by atoms with van der Waals surface area (Å²) in [5, 5.41) is 9.44. The molecule has 0 aliphatic heterocycles. The second-order valence-electron chi connectivity index (χ2n) is 4.29. The number of nitrogens with two attached hydrogens (primary N) is 1. The van der Waals surface area contributed by atoms with E-state index in [-0.39, 0.29) is 6.61 Å². The predicted octanol–water partition coefficient (Wildman–Crippen LogP) is 2.17. The second kappa shape index (κ2) is 5.05. The first-order valence-corrected chi connectivity index (χ1v) is 5.93. The van der Waals surface area contributed by atoms with Gasteiger partial charge in [0, 0.05) is 15.7 Å². The number of furan rings is 1. The average molecular weight is 229 g/mol. The summed E-state index contributed by atoms with van der Waals surface area (Å²) in [5.41, 5.74) is 5.40. The minimum Gasteiger partial charge on any atom is -0.468 e. The van der Waals surface area contributed by atoms with Gasteiger partial charge in [-0.15, -0.1) is 11.8 Å². The molecule has 0 aliphatic rings. The largest absolute Gasteiger partial charge is 0.468 e. The summed E-state index contributed by atoms with van der Waals surface area (Å²) >= 11 is 1.73. The Balaban J connectivity index is 2.50. The molecule has 1 rings (SSSR count). The molecule has 0 amide bonds. The van der Waals surface area contributed by atoms with Crippen LogP contribution in [0.4, 0.5) is 0 Å². The van der Waals surface area contributed by atoms with E-state index in [0.29, 0.717) is 5.25 Å². The van der Waals surface area contributed by atoms with Gasteiger partial charge in [-0.25, -0.2) is 0 Å². The molecule has 0 bridgehead atoms. The molecule has 4 heteroatoms. The van der Waals surface area contributed by atoms with Crippen molar-refractivity contribution in [3.63, 3.8) is 0 Å². The SMILES string of the molecule is Cc1occc1SC(C)CC(C)(N)CO. The lowest BCUT2D eigenvalue weighted by Crippen LogP contribution is -2.42. The molecule has 86 valence electrons. The van der Waals surface area contributed by atoms with Gasteiger partial charge in [-0.2, -0.15) is 0 Å². The molecule has 0 radical (unpaired) electrons. The molecule has 1 aromatic rings. The minimum atomic E-state index is -0.496. The number of rotatable bonds is 5. The fourth-order valence-corrected chi connectivity index (χ4v) is 2.72. The Bertz CT molecular complexity index is 309. The molecule has 15 heavy (non-hydrogen) atoms. The van der Waals surface area contributed by atoms with Crippen LogP contribution >= 0.6 is 11.8 Å². The summed E-state index contributed by atoms with van der Waals surface area (Å²) in [4.78, 5) is 1.15. The van der Waals surface area contributed by atoms with Gasteiger partial charge in [-0.3, -0.25) is 0 Å². The van der Waals surface area contributed by atoms with Crippen LogP contribution in [0.1, 0.15) is 26.0 Å². The van der Waals surface area contributed by atoms with Crippen molar-refractivity contribution in [1.29, 1.82) is 0 Å². The van der Waals surface area contributed by atoms with E-state index in [9.17, 15) is 0 Å². The highest BCUT2D eigenvalue weighted by molar-refractivity contribution is 8.00. The summed E-state index contributed by atoms with van der Waals surface area (Å²) in [7, 11) is 0. The van der Waals surface area contributed by atoms with Gasteiger partial charge < -0.3 is 15.3 Å². The van der Waals surface area contributed by atoms with E-state index in [4.69, 9.17) is 15.3 Å². The Kier molecular flexibility index (Phi) is 4.25. The van der Waals surface area contributed by atoms with Crippen molar-refractivity contribution in [2.24, 2.45) is 5.73 Å². The zero-order valence-electron chi connectivity index (χ0n) is 9.49. The van der Waals surface area contributed by atoms with Gasteiger partial charge in [0.15, 0.2) is 0 Å². The number of thioether (sulfide) groups is 1. The Morgan fingerprint density at radius 3 is 2.80 bits per heavy atom. The van der Waals surface area contributed by atoms with Crippen LogP contribution in [0.2, 0.25) is 0 Å². The first-order valence-electron chi connectivity index (χ1n) is 5.05. The maximum Gasteiger partial charge on any atom is 0.114 e. The smallest absolute Gasteiger partial charge is 0.114 e. The molecule has 2 unspecified atom stereocenters. The molecule has 1 heterocycles. The van der Waals surface area contributed by atoms with Crippen LogP contribution in [-0.2, 0) is 0 Å². The van der Waals surface area contributed by atoms with E-state index in [0.717, 1.165) is 17.1 Å². The third kappa shape index (κ3) is 3.89. The van der Waals surface area contributed by atoms with Crippen molar-refractivity contribution < 1.29 is 9.52 Å². The summed E-state index contributed by atoms with van der Waals surface area (Å²) in [6.45, 7) is 5.94. The quantitative estimate of drug-likeness (QED) is 0.760. The third-order valence-electron chi connectivity index (χ3n) is 2.25. The minimum absolute atomic E-state index is 0.0161. The summed E-state index contributed by atoms with van der Waals surface area (Å²) in [6.07, 6.45) is 2.47. The lowest BCUT2D eigenvalue weighted by molar-refractivity contribution is 0.201. The van der Waals surface area contributed by atoms with Gasteiger partial charge >= 0.3 is 0 Å². The molecular weight excluding hydrogens is 210 g/mol. The first-order chi connectivity index (χ1) is 6.94. The van der Waals surface area contributed by atoms with Crippen molar-refractivity contribution >= 4 is 11.8 Å². The highest BCUT2D eigenvalue weighted by atomic mass is 32.2. The molecule has 3 nitrogen and oxygen atoms in total. The van der Waals surface area contributed by atoms with E-state index in [1.165, 1.54) is 0 Å². The van der Waals surface area contributed by atoms with Crippen molar-refractivity contribution in [2.75, 3.05) is 6.61 Å². The Labute approximate surface area is 95.0 Å². The zero-order chi connectivity index (χ0) is 11.5. The Morgan fingerprint density at radius 2 is 2.33 bits per heavy atom. The monoisotopic (exact) mass is 229 g/mol. The molecule has 0 spiro atoms. The highest BCUT2D eigenvalue weighted by Crippen LogP contribution is 2.30. The molecule has 2 atom stereocenters. The summed E-state index contributed by atoms with van der Waals surface area (Å²) < 4.78 is 5.22. The molecule has 0 saturated carbocycles. The van der Waals surface area contributed by atoms with Crippen LogP contribution in [0, 0.1) is 6.92 Å². The lowest BCUT2D eigenvalue weighted by atomic mass is 9.99. The standard InChI is InChI=1S/C11H19NO2S/c1-8(6-11(3,12)7-13)15-10-4-5-14-9(10)2/h4-5,8,13H,6-7,12H2,1-3H3. The molecule has 0 saturated heterocycles. The number of aryl methyl sites for hydroxylation is 1. The van der Waals surface area contributed by atoms with Crippen molar-refractivity contribution in [3.05, 3.63) is 18.1 Å². The van der Waals surface area contributed by atoms with Gasteiger partial charge in [-0.05, 0) is 26.3 Å². The number of aliphatic hydroxyl groups is 1. The maximum atomic E-state index is 9.07. The second-order valence-corrected chi connectivity index (χ2v) is 5.77. The van der Waals surface area contributed by atoms with Gasteiger partial charge in [0.05, 0.1) is 12.9 Å². The van der Waals surface area contributed by atoms with Crippen molar-refractivity contribution in [3.8, 4) is 0 Å². The number of hydrogen-bond acceptors (Lipinski definition) is 4. The molecule has 0 aliphatic carbocycles. The van der Waals surface area contributed by atoms with E-state index >= 15 is 0 Å². The van der Waals surface area contributed by atoms with Crippen LogP contribution in [-0.4, -0.2) is 22.5 Å². The van der Waals surface area contributed by atoms with Gasteiger partial charge in [0.2, 0.25) is 0 Å². The summed E-state index contributed by atoms with van der Waals surface area (Å²) in [5.74, 6) is 0.939. The molecule has 0 aromatic carbocycles. The predicted molar refractivity (Wildman–Crippen MR) is 63.1 cm³/mol. The highest BCUT2D eigenvalue weighted by Gasteiger charge is 2.21. The Hall–Kier alpha value is -0.450. The summed E-state index contributed by atoms with van der Waals surface area (Å²) in [6, 6.07) is 1.96. The molecular formula is C11H19NO2S. The maximum absolute atomic E-state index is 9.07. The Morgan fingerprint density at radius 1 is 1.67 bits per heavy atom. The van der Waals surface area contributed by atoms with Crippen LogP contribution in [0.3, 0.4) is 0 Å². The first kappa shape index (κ1) is 12.6. The van der Waals surface area contributed by atoms with Gasteiger partial charge in [0.1, 0.15) is 5.76 Å². The topological polar surface area (TPSA) is 59.4 Å². The van der Waals surface area contributed by atoms with E-state index in [1.54, 1.807) is 18.0 Å². The molecule has 1 aromatic heterocycles. The average Bonchev–Trinajstić information content (AvgIpc) is 2.51. The normalized spacial score (nSPS) is 17.4. The number of hydrogen-bond donors (Lipinski definition) is 2.